The van der Waals surface area contributed by atoms with Gasteiger partial charge in [0, 0.05) is 32.7 Å². The molecule has 4 rings (SSSR count). The zero-order valence-electron chi connectivity index (χ0n) is 24.0. The fourth-order valence-electron chi connectivity index (χ4n) is 4.15. The van der Waals surface area contributed by atoms with Gasteiger partial charge in [-0.1, -0.05) is 19.9 Å². The third kappa shape index (κ3) is 6.49. The van der Waals surface area contributed by atoms with E-state index in [1.165, 1.54) is 27.5 Å². The fourth-order valence-corrected chi connectivity index (χ4v) is 5.41. The van der Waals surface area contributed by atoms with Gasteiger partial charge in [0.25, 0.3) is 0 Å². The Kier molecular flexibility index (Phi) is 10.4. The lowest BCUT2D eigenvalue weighted by Crippen LogP contribution is -2.55. The highest BCUT2D eigenvalue weighted by Crippen LogP contribution is 2.40. The average Bonchev–Trinajstić information content (AvgIpc) is 3.37. The summed E-state index contributed by atoms with van der Waals surface area (Å²) < 4.78 is 46.9. The summed E-state index contributed by atoms with van der Waals surface area (Å²) >= 11 is 0. The van der Waals surface area contributed by atoms with E-state index in [9.17, 15) is 8.42 Å². The van der Waals surface area contributed by atoms with Crippen molar-refractivity contribution in [1.82, 2.24) is 25.1 Å². The van der Waals surface area contributed by atoms with E-state index >= 15 is 0 Å². The normalized spacial score (nSPS) is 16.2. The summed E-state index contributed by atoms with van der Waals surface area (Å²) in [6, 6.07) is 7.20. The fraction of sp³-hybridized carbons (Fsp3) is 0.407. The first kappa shape index (κ1) is 30.7. The maximum Gasteiger partial charge on any atom is 0.220 e. The van der Waals surface area contributed by atoms with Crippen LogP contribution in [0, 0.1) is 13.8 Å². The molecule has 40 heavy (non-hydrogen) atoms. The molecule has 12 nitrogen and oxygen atoms in total. The molecule has 1 aromatic carbocycles. The number of nitrogens with one attached hydrogen (secondary N) is 2. The maximum atomic E-state index is 13.7. The summed E-state index contributed by atoms with van der Waals surface area (Å²) in [5, 5.41) is 3.44. The lowest BCUT2D eigenvalue weighted by molar-refractivity contribution is 0.0979. The standard InChI is InChI=1S/C25H31N7O5S.C2H6.H2/c1-15-10-18(13-26-11-15)24-29-30-25(32(24)22-20(35-4)8-7-9-21(22)36-5)31-38(33,34)17(3)23(37-6)19-14-27-16(2)12-28-19;1-2;/h7-14,17,23,25,30-31H,1-6H3;1-2H3;1H/t17-,23-,25?;;/m1../s1. The molecule has 13 heteroatoms. The summed E-state index contributed by atoms with van der Waals surface area (Å²) in [5.41, 5.74) is 6.09. The highest BCUT2D eigenvalue weighted by atomic mass is 32.2. The number of ether oxygens (including phenoxy) is 3. The smallest absolute Gasteiger partial charge is 0.220 e. The van der Waals surface area contributed by atoms with E-state index < -0.39 is 27.7 Å². The Morgan fingerprint density at radius 3 is 2.25 bits per heavy atom. The number of hydrogen-bond acceptors (Lipinski definition) is 11. The van der Waals surface area contributed by atoms with Crippen LogP contribution < -0.4 is 24.5 Å². The molecule has 0 bridgehead atoms. The van der Waals surface area contributed by atoms with Crippen LogP contribution in [0.15, 0.2) is 54.2 Å². The molecule has 0 fully saturated rings. The molecule has 2 aromatic heterocycles. The highest BCUT2D eigenvalue weighted by Gasteiger charge is 2.40. The van der Waals surface area contributed by atoms with E-state index in [1.54, 1.807) is 55.5 Å². The summed E-state index contributed by atoms with van der Waals surface area (Å²) in [5.74, 6) is 1.35. The second-order valence-corrected chi connectivity index (χ2v) is 10.8. The summed E-state index contributed by atoms with van der Waals surface area (Å²) in [4.78, 5) is 14.5. The van der Waals surface area contributed by atoms with Crippen LogP contribution in [0.4, 0.5) is 5.69 Å². The van der Waals surface area contributed by atoms with Gasteiger partial charge in [-0.3, -0.25) is 25.3 Å². The average molecular weight is 574 g/mol. The van der Waals surface area contributed by atoms with E-state index in [1.807, 2.05) is 26.8 Å². The number of anilines is 1. The van der Waals surface area contributed by atoms with Crippen LogP contribution >= 0.6 is 0 Å². The van der Waals surface area contributed by atoms with Crippen molar-refractivity contribution in [3.05, 3.63) is 71.6 Å². The SMILES string of the molecule is CC.COc1cccc(OC)c1N1C(c2cncc(C)c2)=NNC1NS(=O)(=O)[C@H](C)[C@@H](OC)c1cnc(C)cn1.[HH]. The lowest BCUT2D eigenvalue weighted by Gasteiger charge is -2.31. The number of aromatic nitrogens is 3. The van der Waals surface area contributed by atoms with Crippen LogP contribution in [-0.2, 0) is 14.8 Å². The van der Waals surface area contributed by atoms with Crippen molar-refractivity contribution in [2.75, 3.05) is 26.2 Å². The van der Waals surface area contributed by atoms with Crippen molar-refractivity contribution in [2.45, 2.75) is 52.3 Å². The molecule has 3 heterocycles. The second-order valence-electron chi connectivity index (χ2n) is 8.71. The van der Waals surface area contributed by atoms with Crippen molar-refractivity contribution >= 4 is 21.5 Å². The van der Waals surface area contributed by atoms with Gasteiger partial charge >= 0.3 is 0 Å². The van der Waals surface area contributed by atoms with E-state index in [0.29, 0.717) is 40.0 Å². The highest BCUT2D eigenvalue weighted by molar-refractivity contribution is 7.90. The van der Waals surface area contributed by atoms with Gasteiger partial charge in [-0.15, -0.1) is 0 Å². The van der Waals surface area contributed by atoms with Crippen LogP contribution in [0.3, 0.4) is 0 Å². The Morgan fingerprint density at radius 2 is 1.70 bits per heavy atom. The molecule has 3 aromatic rings. The van der Waals surface area contributed by atoms with Crippen LogP contribution in [0.2, 0.25) is 0 Å². The van der Waals surface area contributed by atoms with Gasteiger partial charge in [0.1, 0.15) is 28.5 Å². The molecular weight excluding hydrogens is 534 g/mol. The molecule has 3 atom stereocenters. The first-order valence-corrected chi connectivity index (χ1v) is 14.3. The van der Waals surface area contributed by atoms with Crippen molar-refractivity contribution in [3.8, 4) is 11.5 Å². The van der Waals surface area contributed by atoms with Gasteiger partial charge in [0.2, 0.25) is 10.0 Å². The van der Waals surface area contributed by atoms with E-state index in [4.69, 9.17) is 14.2 Å². The Balaban J connectivity index is 0.00000192. The number of hydrogen-bond donors (Lipinski definition) is 2. The molecule has 1 aliphatic rings. The van der Waals surface area contributed by atoms with E-state index in [-0.39, 0.29) is 1.43 Å². The number of pyridine rings is 1. The van der Waals surface area contributed by atoms with Gasteiger partial charge in [-0.2, -0.15) is 9.82 Å². The van der Waals surface area contributed by atoms with Crippen LogP contribution in [0.1, 0.15) is 50.8 Å². The van der Waals surface area contributed by atoms with Gasteiger partial charge in [-0.25, -0.2) is 8.42 Å². The molecule has 0 radical (unpaired) electrons. The summed E-state index contributed by atoms with van der Waals surface area (Å²) in [6.07, 6.45) is 4.57. The predicted molar refractivity (Wildman–Crippen MR) is 156 cm³/mol. The Morgan fingerprint density at radius 1 is 1.02 bits per heavy atom. The second kappa shape index (κ2) is 13.5. The zero-order chi connectivity index (χ0) is 29.4. The third-order valence-corrected chi connectivity index (χ3v) is 7.87. The number of benzene rings is 1. The third-order valence-electron chi connectivity index (χ3n) is 6.09. The number of methoxy groups -OCH3 is 3. The Bertz CT molecular complexity index is 1400. The minimum absolute atomic E-state index is 0. The first-order valence-electron chi connectivity index (χ1n) is 12.8. The minimum Gasteiger partial charge on any atom is -0.494 e. The minimum atomic E-state index is -4.02. The van der Waals surface area contributed by atoms with Crippen molar-refractivity contribution in [1.29, 1.82) is 0 Å². The number of hydrazone groups is 1. The van der Waals surface area contributed by atoms with E-state index in [0.717, 1.165) is 5.56 Å². The van der Waals surface area contributed by atoms with Crippen molar-refractivity contribution < 1.29 is 24.1 Å². The monoisotopic (exact) mass is 573 g/mol. The Labute approximate surface area is 237 Å². The quantitative estimate of drug-likeness (QED) is 0.370. The molecule has 2 N–H and O–H groups in total. The number of sulfonamides is 1. The van der Waals surface area contributed by atoms with Gasteiger partial charge in [0.15, 0.2) is 12.1 Å². The molecule has 1 unspecified atom stereocenters. The van der Waals surface area contributed by atoms with Gasteiger partial charge in [0.05, 0.1) is 31.8 Å². The van der Waals surface area contributed by atoms with E-state index in [2.05, 4.69) is 30.2 Å². The topological polar surface area (TPSA) is 140 Å². The van der Waals surface area contributed by atoms with Crippen molar-refractivity contribution in [3.63, 3.8) is 0 Å². The van der Waals surface area contributed by atoms with Gasteiger partial charge in [-0.05, 0) is 44.5 Å². The molecule has 0 spiro atoms. The number of para-hydroxylation sites is 1. The lowest BCUT2D eigenvalue weighted by atomic mass is 10.1. The molecule has 0 aliphatic carbocycles. The summed E-state index contributed by atoms with van der Waals surface area (Å²) in [6.45, 7) is 9.26. The van der Waals surface area contributed by atoms with Crippen LogP contribution in [0.5, 0.6) is 11.5 Å². The Hall–Kier alpha value is -3.81. The number of amidine groups is 1. The first-order chi connectivity index (χ1) is 19.2. The summed E-state index contributed by atoms with van der Waals surface area (Å²) in [7, 11) is 0.465. The predicted octanol–water partition coefficient (Wildman–Crippen LogP) is 3.53. The largest absolute Gasteiger partial charge is 0.494 e. The molecular formula is C27H39N7O5S. The van der Waals surface area contributed by atoms with Crippen LogP contribution in [0.25, 0.3) is 0 Å². The molecule has 0 saturated carbocycles. The van der Waals surface area contributed by atoms with Gasteiger partial charge < -0.3 is 14.2 Å². The molecule has 0 saturated heterocycles. The van der Waals surface area contributed by atoms with Crippen molar-refractivity contribution in [2.24, 2.45) is 5.10 Å². The number of nitrogens with zero attached hydrogens (tertiary/aromatic N) is 5. The number of rotatable bonds is 10. The van der Waals surface area contributed by atoms with Crippen LogP contribution in [-0.4, -0.2) is 62.1 Å². The number of aryl methyl sites for hydroxylation is 2. The zero-order valence-corrected chi connectivity index (χ0v) is 24.9. The molecule has 218 valence electrons. The molecule has 0 amide bonds. The maximum absolute atomic E-state index is 13.7. The molecule has 1 aliphatic heterocycles.